The van der Waals surface area contributed by atoms with E-state index in [0.717, 1.165) is 55.1 Å². The van der Waals surface area contributed by atoms with Crippen LogP contribution in [0.2, 0.25) is 0 Å². The molecule has 0 radical (unpaired) electrons. The Kier molecular flexibility index (Phi) is 16.2. The average Bonchev–Trinajstić information content (AvgIpc) is 3.08. The van der Waals surface area contributed by atoms with Crippen LogP contribution in [-0.2, 0) is 4.74 Å². The molecule has 2 N–H and O–H groups in total. The van der Waals surface area contributed by atoms with Crippen LogP contribution in [0.4, 0.5) is 5.69 Å². The molecule has 0 bridgehead atoms. The second-order valence-electron chi connectivity index (χ2n) is 10.9. The standard InChI is InChI=1S/C27H31N2O.C10H24NO.CH5N/c1-5-28(6-2)21-14-16-23-25(18-21)30-26-19-22(29(7-3)8-4)15-17-24(26)27(23)20-12-10-9-11-13-20;1-5-11(6-2,7-3)9-8-10-12-4;1-2/h9-19H,5-8H2,1-4H3;5-10H2,1-4H3;2H2,1H3/q2*+1;. The summed E-state index contributed by atoms with van der Waals surface area (Å²) in [6.45, 7) is 25.4. The van der Waals surface area contributed by atoms with Crippen molar-refractivity contribution in [3.8, 4) is 22.5 Å². The third-order valence-electron chi connectivity index (χ3n) is 9.00. The molecule has 1 heterocycles. The molecule has 0 aromatic heterocycles. The summed E-state index contributed by atoms with van der Waals surface area (Å²) in [5, 5.41) is 2.36. The van der Waals surface area contributed by atoms with Crippen LogP contribution in [-0.4, -0.2) is 77.6 Å². The van der Waals surface area contributed by atoms with Crippen LogP contribution >= 0.6 is 0 Å². The highest BCUT2D eigenvalue weighted by molar-refractivity contribution is 6.02. The summed E-state index contributed by atoms with van der Waals surface area (Å²) in [6, 6.07) is 23.9. The van der Waals surface area contributed by atoms with Gasteiger partial charge in [-0.25, -0.2) is 4.58 Å². The van der Waals surface area contributed by atoms with Gasteiger partial charge in [-0.1, -0.05) is 30.3 Å². The van der Waals surface area contributed by atoms with Gasteiger partial charge >= 0.3 is 0 Å². The van der Waals surface area contributed by atoms with Gasteiger partial charge in [0.25, 0.3) is 0 Å². The number of hydrogen-bond acceptors (Lipinski definition) is 4. The van der Waals surface area contributed by atoms with Crippen molar-refractivity contribution in [3.63, 3.8) is 0 Å². The molecule has 0 saturated heterocycles. The first-order valence-electron chi connectivity index (χ1n) is 16.7. The fourth-order valence-electron chi connectivity index (χ4n) is 6.04. The van der Waals surface area contributed by atoms with E-state index in [0.29, 0.717) is 0 Å². The van der Waals surface area contributed by atoms with Crippen LogP contribution in [0.3, 0.4) is 0 Å². The predicted octanol–water partition coefficient (Wildman–Crippen LogP) is 7.34. The van der Waals surface area contributed by atoms with Crippen LogP contribution in [0.5, 0.6) is 0 Å². The zero-order valence-corrected chi connectivity index (χ0v) is 29.2. The normalized spacial score (nSPS) is 11.0. The van der Waals surface area contributed by atoms with Gasteiger partial charge in [0.2, 0.25) is 5.36 Å². The summed E-state index contributed by atoms with van der Waals surface area (Å²) in [6.07, 6.45) is 1.19. The molecule has 2 aromatic carbocycles. The zero-order valence-electron chi connectivity index (χ0n) is 29.2. The third-order valence-corrected chi connectivity index (χ3v) is 9.00. The summed E-state index contributed by atoms with van der Waals surface area (Å²) in [7, 11) is 3.28. The molecule has 0 spiro atoms. The highest BCUT2D eigenvalue weighted by Gasteiger charge is 2.20. The topological polar surface area (TPSA) is 54.6 Å². The van der Waals surface area contributed by atoms with Crippen molar-refractivity contribution < 1.29 is 13.6 Å². The van der Waals surface area contributed by atoms with E-state index in [4.69, 9.17) is 9.15 Å². The van der Waals surface area contributed by atoms with Crippen molar-refractivity contribution >= 4 is 16.7 Å². The molecule has 44 heavy (non-hydrogen) atoms. The summed E-state index contributed by atoms with van der Waals surface area (Å²) in [5.74, 6) is 0.933. The van der Waals surface area contributed by atoms with Gasteiger partial charge < -0.3 is 24.3 Å². The monoisotopic (exact) mass is 604 g/mol. The van der Waals surface area contributed by atoms with Crippen molar-refractivity contribution in [2.75, 3.05) is 78.0 Å². The Hall–Kier alpha value is -3.19. The van der Waals surface area contributed by atoms with Crippen LogP contribution in [0.25, 0.3) is 33.4 Å². The molecule has 0 unspecified atom stereocenters. The van der Waals surface area contributed by atoms with E-state index in [1.54, 1.807) is 7.11 Å². The first-order chi connectivity index (χ1) is 21.4. The van der Waals surface area contributed by atoms with E-state index in [-0.39, 0.29) is 0 Å². The molecular formula is C38H60N4O2+2. The van der Waals surface area contributed by atoms with Gasteiger partial charge in [0.15, 0.2) is 0 Å². The van der Waals surface area contributed by atoms with Crippen LogP contribution in [0.15, 0.2) is 71.1 Å². The maximum absolute atomic E-state index is 6.51. The van der Waals surface area contributed by atoms with Gasteiger partial charge in [0.1, 0.15) is 24.4 Å². The molecule has 0 atom stereocenters. The molecule has 6 nitrogen and oxygen atoms in total. The van der Waals surface area contributed by atoms with E-state index in [1.165, 1.54) is 66.3 Å². The molecule has 0 saturated carbocycles. The molecule has 0 amide bonds. The molecule has 4 rings (SSSR count). The Balaban J connectivity index is 0.000000409. The molecule has 1 aliphatic heterocycles. The van der Waals surface area contributed by atoms with E-state index in [9.17, 15) is 0 Å². The number of benzene rings is 3. The van der Waals surface area contributed by atoms with Crippen molar-refractivity contribution in [1.82, 2.24) is 4.58 Å². The highest BCUT2D eigenvalue weighted by Crippen LogP contribution is 2.40. The minimum Gasteiger partial charge on any atom is -0.456 e. The summed E-state index contributed by atoms with van der Waals surface area (Å²) in [4.78, 5) is 2.35. The van der Waals surface area contributed by atoms with Gasteiger partial charge in [-0.3, -0.25) is 0 Å². The summed E-state index contributed by atoms with van der Waals surface area (Å²) >= 11 is 0. The number of rotatable bonds is 13. The Morgan fingerprint density at radius 1 is 0.795 bits per heavy atom. The first-order valence-corrected chi connectivity index (χ1v) is 16.7. The Morgan fingerprint density at radius 2 is 1.43 bits per heavy atom. The number of methoxy groups -OCH3 is 1. The first kappa shape index (κ1) is 37.0. The number of fused-ring (bicyclic) bond motifs is 2. The number of nitrogens with zero attached hydrogens (tertiary/aromatic N) is 3. The quantitative estimate of drug-likeness (QED) is 0.0751. The number of hydrogen-bond donors (Lipinski definition) is 1. The fourth-order valence-corrected chi connectivity index (χ4v) is 6.04. The molecule has 242 valence electrons. The summed E-state index contributed by atoms with van der Waals surface area (Å²) < 4.78 is 15.2. The molecule has 6 heteroatoms. The lowest BCUT2D eigenvalue weighted by Crippen LogP contribution is -2.48. The minimum absolute atomic E-state index is 0.903. The van der Waals surface area contributed by atoms with Crippen molar-refractivity contribution in [2.45, 2.75) is 54.9 Å². The molecule has 1 aliphatic carbocycles. The zero-order chi connectivity index (χ0) is 32.5. The van der Waals surface area contributed by atoms with Gasteiger partial charge in [-0.05, 0) is 79.3 Å². The second-order valence-corrected chi connectivity index (χ2v) is 10.9. The molecule has 2 aliphatic rings. The van der Waals surface area contributed by atoms with Gasteiger partial charge in [-0.15, -0.1) is 0 Å². The maximum Gasteiger partial charge on any atom is 0.203 e. The molecular weight excluding hydrogens is 544 g/mol. The van der Waals surface area contributed by atoms with Gasteiger partial charge in [0, 0.05) is 61.0 Å². The van der Waals surface area contributed by atoms with Crippen LogP contribution < -0.4 is 20.6 Å². The number of ether oxygens (including phenoxy) is 1. The Labute approximate surface area is 267 Å². The SMILES string of the molecule is CCN(CC)c1ccc2c(-c3ccccc3)c3ccc(=[N+](CC)CC)cc-3oc2c1.CC[N+](CC)(CC)CCCOC.CN. The van der Waals surface area contributed by atoms with Crippen molar-refractivity contribution in [2.24, 2.45) is 5.73 Å². The van der Waals surface area contributed by atoms with Gasteiger partial charge in [-0.2, -0.15) is 0 Å². The van der Waals surface area contributed by atoms with Crippen LogP contribution in [0.1, 0.15) is 54.9 Å². The lowest BCUT2D eigenvalue weighted by atomic mass is 9.93. The predicted molar refractivity (Wildman–Crippen MR) is 192 cm³/mol. The fraction of sp³-hybridized carbons (Fsp3) is 0.500. The van der Waals surface area contributed by atoms with E-state index in [2.05, 4.69) is 130 Å². The van der Waals surface area contributed by atoms with E-state index >= 15 is 0 Å². The lowest BCUT2D eigenvalue weighted by molar-refractivity contribution is -0.923. The third kappa shape index (κ3) is 9.16. The largest absolute Gasteiger partial charge is 0.456 e. The van der Waals surface area contributed by atoms with Crippen LogP contribution in [0, 0.1) is 0 Å². The maximum atomic E-state index is 6.51. The second kappa shape index (κ2) is 19.3. The Morgan fingerprint density at radius 3 is 1.98 bits per heavy atom. The number of nitrogens with two attached hydrogens (primary N) is 1. The molecule has 2 aromatic rings. The lowest BCUT2D eigenvalue weighted by Gasteiger charge is -2.35. The summed E-state index contributed by atoms with van der Waals surface area (Å²) in [5.41, 5.74) is 10.2. The minimum atomic E-state index is 0.903. The highest BCUT2D eigenvalue weighted by atomic mass is 16.5. The Bertz CT molecular complexity index is 1390. The smallest absolute Gasteiger partial charge is 0.203 e. The molecule has 0 fully saturated rings. The van der Waals surface area contributed by atoms with Crippen molar-refractivity contribution in [3.05, 3.63) is 72.1 Å². The average molecular weight is 605 g/mol. The van der Waals surface area contributed by atoms with Gasteiger partial charge in [0.05, 0.1) is 38.9 Å². The van der Waals surface area contributed by atoms with Crippen molar-refractivity contribution in [1.29, 1.82) is 0 Å². The number of anilines is 1. The van der Waals surface area contributed by atoms with E-state index in [1.807, 2.05) is 0 Å². The van der Waals surface area contributed by atoms with E-state index < -0.39 is 0 Å². The number of quaternary nitrogens is 1.